The third kappa shape index (κ3) is 3.21. The number of hydrogen-bond acceptors (Lipinski definition) is 4. The Bertz CT molecular complexity index is 453. The van der Waals surface area contributed by atoms with E-state index < -0.39 is 0 Å². The molecule has 0 aromatic carbocycles. The van der Waals surface area contributed by atoms with Gasteiger partial charge in [-0.25, -0.2) is 9.97 Å². The van der Waals surface area contributed by atoms with Crippen molar-refractivity contribution in [3.05, 3.63) is 36.5 Å². The van der Waals surface area contributed by atoms with Crippen molar-refractivity contribution in [3.63, 3.8) is 0 Å². The predicted molar refractivity (Wildman–Crippen MR) is 65.9 cm³/mol. The van der Waals surface area contributed by atoms with Gasteiger partial charge in [0.05, 0.1) is 12.6 Å². The Balaban J connectivity index is 2.04. The van der Waals surface area contributed by atoms with Crippen molar-refractivity contribution in [2.45, 2.75) is 26.5 Å². The quantitative estimate of drug-likeness (QED) is 0.829. The molecule has 17 heavy (non-hydrogen) atoms. The van der Waals surface area contributed by atoms with Crippen LogP contribution in [-0.4, -0.2) is 21.1 Å². The lowest BCUT2D eigenvalue weighted by molar-refractivity contribution is 0.243. The Morgan fingerprint density at radius 3 is 2.94 bits per heavy atom. The van der Waals surface area contributed by atoms with Crippen LogP contribution < -0.4 is 10.1 Å². The van der Waals surface area contributed by atoms with Crippen LogP contribution in [0.4, 0.5) is 5.82 Å². The Kier molecular flexibility index (Phi) is 3.59. The van der Waals surface area contributed by atoms with Crippen LogP contribution in [-0.2, 0) is 6.54 Å². The van der Waals surface area contributed by atoms with Crippen LogP contribution in [0.25, 0.3) is 0 Å². The highest BCUT2D eigenvalue weighted by Gasteiger charge is 2.06. The number of aromatic amines is 1. The van der Waals surface area contributed by atoms with Crippen LogP contribution in [0.15, 0.2) is 30.7 Å². The summed E-state index contributed by atoms with van der Waals surface area (Å²) in [5.41, 5.74) is 0. The molecule has 0 aliphatic carbocycles. The molecule has 0 spiro atoms. The maximum Gasteiger partial charge on any atom is 0.169 e. The zero-order chi connectivity index (χ0) is 12.1. The fraction of sp³-hybridized carbons (Fsp3) is 0.333. The average molecular weight is 232 g/mol. The Labute approximate surface area is 100 Å². The number of anilines is 1. The molecule has 90 valence electrons. The largest absolute Gasteiger partial charge is 0.487 e. The summed E-state index contributed by atoms with van der Waals surface area (Å²) >= 11 is 0. The molecule has 0 aliphatic heterocycles. The number of hydrogen-bond donors (Lipinski definition) is 2. The average Bonchev–Trinajstić information content (AvgIpc) is 2.80. The van der Waals surface area contributed by atoms with Gasteiger partial charge in [0.15, 0.2) is 11.6 Å². The Morgan fingerprint density at radius 1 is 1.35 bits per heavy atom. The fourth-order valence-electron chi connectivity index (χ4n) is 1.43. The molecule has 2 rings (SSSR count). The number of rotatable bonds is 5. The maximum atomic E-state index is 5.66. The molecule has 2 heterocycles. The molecule has 2 aromatic heterocycles. The highest BCUT2D eigenvalue weighted by Crippen LogP contribution is 2.22. The van der Waals surface area contributed by atoms with E-state index in [9.17, 15) is 0 Å². The number of pyridine rings is 1. The summed E-state index contributed by atoms with van der Waals surface area (Å²) in [6.07, 6.45) is 5.38. The zero-order valence-corrected chi connectivity index (χ0v) is 9.97. The van der Waals surface area contributed by atoms with Gasteiger partial charge in [0.2, 0.25) is 0 Å². The molecule has 2 N–H and O–H groups in total. The SMILES string of the molecule is CC(C)Oc1cccnc1NCc1ncc[nH]1. The molecule has 0 fully saturated rings. The number of H-pyrrole nitrogens is 1. The first-order chi connectivity index (χ1) is 8.25. The number of ether oxygens (including phenoxy) is 1. The molecule has 0 unspecified atom stereocenters. The van der Waals surface area contributed by atoms with Gasteiger partial charge in [-0.1, -0.05) is 0 Å². The van der Waals surface area contributed by atoms with Gasteiger partial charge in [0.1, 0.15) is 5.82 Å². The molecule has 0 atom stereocenters. The lowest BCUT2D eigenvalue weighted by atomic mass is 10.4. The summed E-state index contributed by atoms with van der Waals surface area (Å²) in [5.74, 6) is 2.36. The van der Waals surface area contributed by atoms with Gasteiger partial charge in [-0.15, -0.1) is 0 Å². The van der Waals surface area contributed by atoms with Crippen LogP contribution in [0.5, 0.6) is 5.75 Å². The van der Waals surface area contributed by atoms with Crippen LogP contribution >= 0.6 is 0 Å². The Morgan fingerprint density at radius 2 is 2.24 bits per heavy atom. The van der Waals surface area contributed by atoms with E-state index in [0.717, 1.165) is 17.4 Å². The van der Waals surface area contributed by atoms with Crippen molar-refractivity contribution < 1.29 is 4.74 Å². The smallest absolute Gasteiger partial charge is 0.169 e. The van der Waals surface area contributed by atoms with E-state index in [0.29, 0.717) is 6.54 Å². The molecule has 0 amide bonds. The van der Waals surface area contributed by atoms with Gasteiger partial charge in [-0.05, 0) is 26.0 Å². The van der Waals surface area contributed by atoms with Crippen molar-refractivity contribution in [1.82, 2.24) is 15.0 Å². The molecule has 0 bridgehead atoms. The van der Waals surface area contributed by atoms with Gasteiger partial charge in [0.25, 0.3) is 0 Å². The highest BCUT2D eigenvalue weighted by molar-refractivity contribution is 5.49. The van der Waals surface area contributed by atoms with Gasteiger partial charge in [-0.3, -0.25) is 0 Å². The lowest BCUT2D eigenvalue weighted by Gasteiger charge is -2.13. The van der Waals surface area contributed by atoms with Gasteiger partial charge in [-0.2, -0.15) is 0 Å². The van der Waals surface area contributed by atoms with E-state index in [2.05, 4.69) is 20.3 Å². The van der Waals surface area contributed by atoms with Crippen LogP contribution in [0.3, 0.4) is 0 Å². The van der Waals surface area contributed by atoms with E-state index in [1.54, 1.807) is 18.6 Å². The summed E-state index contributed by atoms with van der Waals surface area (Å²) in [6, 6.07) is 3.76. The molecule has 2 aromatic rings. The second kappa shape index (κ2) is 5.34. The third-order valence-corrected chi connectivity index (χ3v) is 2.11. The molecular formula is C12H16N4O. The fourth-order valence-corrected chi connectivity index (χ4v) is 1.43. The number of nitrogens with zero attached hydrogens (tertiary/aromatic N) is 2. The highest BCUT2D eigenvalue weighted by atomic mass is 16.5. The monoisotopic (exact) mass is 232 g/mol. The zero-order valence-electron chi connectivity index (χ0n) is 9.97. The molecule has 0 aliphatic rings. The van der Waals surface area contributed by atoms with Crippen molar-refractivity contribution in [2.24, 2.45) is 0 Å². The molecule has 0 saturated carbocycles. The summed E-state index contributed by atoms with van der Waals surface area (Å²) in [5, 5.41) is 3.19. The van der Waals surface area contributed by atoms with E-state index in [1.165, 1.54) is 0 Å². The van der Waals surface area contributed by atoms with E-state index in [1.807, 2.05) is 26.0 Å². The number of nitrogens with one attached hydrogen (secondary N) is 2. The van der Waals surface area contributed by atoms with Crippen LogP contribution in [0.2, 0.25) is 0 Å². The predicted octanol–water partition coefficient (Wildman–Crippen LogP) is 2.20. The first-order valence-corrected chi connectivity index (χ1v) is 5.59. The van der Waals surface area contributed by atoms with Gasteiger partial charge < -0.3 is 15.0 Å². The van der Waals surface area contributed by atoms with E-state index in [-0.39, 0.29) is 6.10 Å². The molecular weight excluding hydrogens is 216 g/mol. The van der Waals surface area contributed by atoms with E-state index in [4.69, 9.17) is 4.74 Å². The third-order valence-electron chi connectivity index (χ3n) is 2.11. The minimum atomic E-state index is 0.128. The van der Waals surface area contributed by atoms with Crippen molar-refractivity contribution >= 4 is 5.82 Å². The van der Waals surface area contributed by atoms with Gasteiger partial charge >= 0.3 is 0 Å². The van der Waals surface area contributed by atoms with Gasteiger partial charge in [0, 0.05) is 18.6 Å². The normalized spacial score (nSPS) is 10.5. The minimum Gasteiger partial charge on any atom is -0.487 e. The van der Waals surface area contributed by atoms with Crippen molar-refractivity contribution in [2.75, 3.05) is 5.32 Å². The lowest BCUT2D eigenvalue weighted by Crippen LogP contribution is -2.10. The Hall–Kier alpha value is -2.04. The van der Waals surface area contributed by atoms with Crippen molar-refractivity contribution in [1.29, 1.82) is 0 Å². The second-order valence-electron chi connectivity index (χ2n) is 3.91. The van der Waals surface area contributed by atoms with Crippen molar-refractivity contribution in [3.8, 4) is 5.75 Å². The summed E-state index contributed by atoms with van der Waals surface area (Å²) in [6.45, 7) is 4.57. The second-order valence-corrected chi connectivity index (χ2v) is 3.91. The maximum absolute atomic E-state index is 5.66. The van der Waals surface area contributed by atoms with E-state index >= 15 is 0 Å². The minimum absolute atomic E-state index is 0.128. The topological polar surface area (TPSA) is 62.8 Å². The number of imidazole rings is 1. The molecule has 0 saturated heterocycles. The summed E-state index contributed by atoms with van der Waals surface area (Å²) in [7, 11) is 0. The number of aromatic nitrogens is 3. The first-order valence-electron chi connectivity index (χ1n) is 5.59. The molecule has 5 nitrogen and oxygen atoms in total. The van der Waals surface area contributed by atoms with Crippen LogP contribution in [0, 0.1) is 0 Å². The summed E-state index contributed by atoms with van der Waals surface area (Å²) < 4.78 is 5.66. The summed E-state index contributed by atoms with van der Waals surface area (Å²) in [4.78, 5) is 11.4. The van der Waals surface area contributed by atoms with Crippen LogP contribution in [0.1, 0.15) is 19.7 Å². The molecule has 0 radical (unpaired) electrons. The molecule has 5 heteroatoms. The standard InChI is InChI=1S/C12H16N4O/c1-9(2)17-10-4-3-5-15-12(10)16-8-11-13-6-7-14-11/h3-7,9H,8H2,1-2H3,(H,13,14)(H,15,16). The first kappa shape index (κ1) is 11.4.